The van der Waals surface area contributed by atoms with Gasteiger partial charge < -0.3 is 15.0 Å². The summed E-state index contributed by atoms with van der Waals surface area (Å²) in [5.41, 5.74) is 2.20. The van der Waals surface area contributed by atoms with Gasteiger partial charge in [-0.1, -0.05) is 49.4 Å². The largest absolute Gasteiger partial charge is 0.497 e. The van der Waals surface area contributed by atoms with Gasteiger partial charge in [0, 0.05) is 12.6 Å². The lowest BCUT2D eigenvalue weighted by atomic mass is 10.1. The zero-order valence-electron chi connectivity index (χ0n) is 23.1. The average Bonchev–Trinajstić information content (AvgIpc) is 2.92. The fourth-order valence-corrected chi connectivity index (χ4v) is 5.68. The highest BCUT2D eigenvalue weighted by Gasteiger charge is 2.34. The van der Waals surface area contributed by atoms with Crippen LogP contribution in [-0.4, -0.2) is 50.9 Å². The standard InChI is InChI=1S/C30H37N3O5S/c1-6-28(30(35)31-22(2)3)32(20-24-13-11-10-12-23(24)4)29(34)21-33(25-14-8-7-9-15-25)39(36,37)27-18-16-26(38-5)17-19-27/h7-19,22,28H,6,20-21H2,1-5H3,(H,31,35)/t28-/m0/s1. The van der Waals surface area contributed by atoms with Gasteiger partial charge in [-0.15, -0.1) is 0 Å². The lowest BCUT2D eigenvalue weighted by Gasteiger charge is -2.34. The van der Waals surface area contributed by atoms with Crippen LogP contribution in [0, 0.1) is 6.92 Å². The van der Waals surface area contributed by atoms with Gasteiger partial charge in [-0.3, -0.25) is 13.9 Å². The topological polar surface area (TPSA) is 96.0 Å². The fourth-order valence-electron chi connectivity index (χ4n) is 4.27. The third-order valence-corrected chi connectivity index (χ3v) is 8.18. The number of rotatable bonds is 12. The van der Waals surface area contributed by atoms with E-state index in [0.717, 1.165) is 15.4 Å². The monoisotopic (exact) mass is 551 g/mol. The maximum absolute atomic E-state index is 14.0. The number of para-hydroxylation sites is 1. The Kier molecular flexibility index (Phi) is 10.1. The lowest BCUT2D eigenvalue weighted by molar-refractivity contribution is -0.140. The second kappa shape index (κ2) is 13.3. The highest BCUT2D eigenvalue weighted by atomic mass is 32.2. The van der Waals surface area contributed by atoms with E-state index in [0.29, 0.717) is 17.9 Å². The van der Waals surface area contributed by atoms with Crippen molar-refractivity contribution in [3.05, 3.63) is 90.0 Å². The molecule has 0 fully saturated rings. The molecule has 0 aliphatic carbocycles. The molecule has 39 heavy (non-hydrogen) atoms. The van der Waals surface area contributed by atoms with Crippen LogP contribution in [0.3, 0.4) is 0 Å². The highest BCUT2D eigenvalue weighted by Crippen LogP contribution is 2.26. The Morgan fingerprint density at radius 3 is 2.10 bits per heavy atom. The van der Waals surface area contributed by atoms with Gasteiger partial charge in [-0.05, 0) is 74.7 Å². The van der Waals surface area contributed by atoms with E-state index in [9.17, 15) is 18.0 Å². The van der Waals surface area contributed by atoms with Gasteiger partial charge in [0.25, 0.3) is 10.0 Å². The molecule has 8 nitrogen and oxygen atoms in total. The van der Waals surface area contributed by atoms with Crippen molar-refractivity contribution in [2.75, 3.05) is 18.0 Å². The summed E-state index contributed by atoms with van der Waals surface area (Å²) in [5.74, 6) is -0.244. The van der Waals surface area contributed by atoms with E-state index < -0.39 is 28.5 Å². The van der Waals surface area contributed by atoms with Crippen molar-refractivity contribution in [1.29, 1.82) is 0 Å². The molecule has 1 atom stereocenters. The van der Waals surface area contributed by atoms with Crippen molar-refractivity contribution in [3.63, 3.8) is 0 Å². The maximum atomic E-state index is 14.0. The number of sulfonamides is 1. The van der Waals surface area contributed by atoms with E-state index >= 15 is 0 Å². The van der Waals surface area contributed by atoms with Crippen molar-refractivity contribution >= 4 is 27.5 Å². The molecule has 2 amide bonds. The van der Waals surface area contributed by atoms with Crippen molar-refractivity contribution in [3.8, 4) is 5.75 Å². The van der Waals surface area contributed by atoms with Crippen LogP contribution < -0.4 is 14.4 Å². The summed E-state index contributed by atoms with van der Waals surface area (Å²) in [4.78, 5) is 28.7. The first-order valence-corrected chi connectivity index (χ1v) is 14.4. The summed E-state index contributed by atoms with van der Waals surface area (Å²) >= 11 is 0. The molecule has 0 bridgehead atoms. The van der Waals surface area contributed by atoms with E-state index in [1.807, 2.05) is 52.0 Å². The summed E-state index contributed by atoms with van der Waals surface area (Å²) in [6.45, 7) is 7.19. The number of hydrogen-bond acceptors (Lipinski definition) is 5. The molecule has 208 valence electrons. The molecular weight excluding hydrogens is 514 g/mol. The summed E-state index contributed by atoms with van der Waals surface area (Å²) < 4.78 is 34.0. The third kappa shape index (κ3) is 7.38. The Balaban J connectivity index is 2.05. The number of aryl methyl sites for hydroxylation is 1. The Bertz CT molecular complexity index is 1360. The molecule has 0 heterocycles. The predicted molar refractivity (Wildman–Crippen MR) is 153 cm³/mol. The first-order chi connectivity index (χ1) is 18.6. The first kappa shape index (κ1) is 29.7. The van der Waals surface area contributed by atoms with Gasteiger partial charge in [0.1, 0.15) is 18.3 Å². The Morgan fingerprint density at radius 1 is 0.923 bits per heavy atom. The Labute approximate surface area is 231 Å². The van der Waals surface area contributed by atoms with Gasteiger partial charge in [0.15, 0.2) is 0 Å². The van der Waals surface area contributed by atoms with Crippen molar-refractivity contribution in [2.45, 2.75) is 57.6 Å². The number of methoxy groups -OCH3 is 1. The smallest absolute Gasteiger partial charge is 0.264 e. The number of anilines is 1. The van der Waals surface area contributed by atoms with Crippen LogP contribution in [-0.2, 0) is 26.2 Å². The Hall–Kier alpha value is -3.85. The van der Waals surface area contributed by atoms with Crippen LogP contribution in [0.2, 0.25) is 0 Å². The number of carbonyl (C=O) groups is 2. The molecule has 0 radical (unpaired) electrons. The number of hydrogen-bond donors (Lipinski definition) is 1. The van der Waals surface area contributed by atoms with E-state index in [-0.39, 0.29) is 23.4 Å². The van der Waals surface area contributed by atoms with E-state index in [4.69, 9.17) is 4.74 Å². The zero-order valence-corrected chi connectivity index (χ0v) is 23.9. The molecule has 0 aliphatic rings. The normalized spacial score (nSPS) is 12.1. The second-order valence-electron chi connectivity index (χ2n) is 9.56. The zero-order chi connectivity index (χ0) is 28.6. The van der Waals surface area contributed by atoms with Gasteiger partial charge in [-0.2, -0.15) is 0 Å². The summed E-state index contributed by atoms with van der Waals surface area (Å²) in [7, 11) is -2.63. The molecular formula is C30H37N3O5S. The number of ether oxygens (including phenoxy) is 1. The molecule has 0 aliphatic heterocycles. The first-order valence-electron chi connectivity index (χ1n) is 12.9. The number of carbonyl (C=O) groups excluding carboxylic acids is 2. The molecule has 0 saturated carbocycles. The van der Waals surface area contributed by atoms with Crippen molar-refractivity contribution in [1.82, 2.24) is 10.2 Å². The lowest BCUT2D eigenvalue weighted by Crippen LogP contribution is -2.53. The van der Waals surface area contributed by atoms with Crippen LogP contribution in [0.1, 0.15) is 38.3 Å². The molecule has 3 aromatic rings. The van der Waals surface area contributed by atoms with Crippen LogP contribution in [0.5, 0.6) is 5.75 Å². The fraction of sp³-hybridized carbons (Fsp3) is 0.333. The van der Waals surface area contributed by atoms with Crippen molar-refractivity contribution in [2.24, 2.45) is 0 Å². The molecule has 0 saturated heterocycles. The number of amides is 2. The van der Waals surface area contributed by atoms with Gasteiger partial charge in [-0.25, -0.2) is 8.42 Å². The van der Waals surface area contributed by atoms with Crippen LogP contribution >= 0.6 is 0 Å². The highest BCUT2D eigenvalue weighted by molar-refractivity contribution is 7.92. The average molecular weight is 552 g/mol. The minimum absolute atomic E-state index is 0.0231. The number of benzene rings is 3. The minimum atomic E-state index is -4.13. The van der Waals surface area contributed by atoms with Crippen LogP contribution in [0.25, 0.3) is 0 Å². The molecule has 0 aromatic heterocycles. The quantitative estimate of drug-likeness (QED) is 0.357. The second-order valence-corrected chi connectivity index (χ2v) is 11.4. The minimum Gasteiger partial charge on any atom is -0.497 e. The third-order valence-electron chi connectivity index (χ3n) is 6.39. The molecule has 0 spiro atoms. The van der Waals surface area contributed by atoms with Crippen molar-refractivity contribution < 1.29 is 22.7 Å². The maximum Gasteiger partial charge on any atom is 0.264 e. The predicted octanol–water partition coefficient (Wildman–Crippen LogP) is 4.53. The summed E-state index contributed by atoms with van der Waals surface area (Å²) in [6.07, 6.45) is 0.368. The van der Waals surface area contributed by atoms with E-state index in [2.05, 4.69) is 5.32 Å². The number of nitrogens with zero attached hydrogens (tertiary/aromatic N) is 2. The summed E-state index contributed by atoms with van der Waals surface area (Å²) in [5, 5.41) is 2.90. The van der Waals surface area contributed by atoms with Crippen LogP contribution in [0.15, 0.2) is 83.8 Å². The molecule has 3 aromatic carbocycles. The van der Waals surface area contributed by atoms with Gasteiger partial charge in [0.2, 0.25) is 11.8 Å². The Morgan fingerprint density at radius 2 is 1.54 bits per heavy atom. The van der Waals surface area contributed by atoms with Gasteiger partial charge >= 0.3 is 0 Å². The van der Waals surface area contributed by atoms with E-state index in [1.54, 1.807) is 42.5 Å². The summed E-state index contributed by atoms with van der Waals surface area (Å²) in [6, 6.07) is 21.3. The molecule has 0 unspecified atom stereocenters. The van der Waals surface area contributed by atoms with Gasteiger partial charge in [0.05, 0.1) is 17.7 Å². The van der Waals surface area contributed by atoms with E-state index in [1.165, 1.54) is 24.1 Å². The van der Waals surface area contributed by atoms with Crippen LogP contribution in [0.4, 0.5) is 5.69 Å². The SMILES string of the molecule is CC[C@@H](C(=O)NC(C)C)N(Cc1ccccc1C)C(=O)CN(c1ccccc1)S(=O)(=O)c1ccc(OC)cc1. The molecule has 1 N–H and O–H groups in total. The number of nitrogens with one attached hydrogen (secondary N) is 1. The molecule has 3 rings (SSSR count). The molecule has 9 heteroatoms.